The molecule has 2 rings (SSSR count). The Morgan fingerprint density at radius 2 is 1.82 bits per heavy atom. The average molecular weight is 229 g/mol. The first-order valence-electron chi connectivity index (χ1n) is 6.16. The fourth-order valence-corrected chi connectivity index (χ4v) is 1.83. The highest BCUT2D eigenvalue weighted by Crippen LogP contribution is 2.07. The summed E-state index contributed by atoms with van der Waals surface area (Å²) in [7, 11) is 0. The second-order valence-corrected chi connectivity index (χ2v) is 4.52. The van der Waals surface area contributed by atoms with Crippen molar-refractivity contribution in [3.63, 3.8) is 0 Å². The van der Waals surface area contributed by atoms with E-state index in [1.54, 1.807) is 11.0 Å². The summed E-state index contributed by atoms with van der Waals surface area (Å²) in [6.07, 6.45) is 5.26. The summed E-state index contributed by atoms with van der Waals surface area (Å²) in [5.41, 5.74) is 3.73. The molecule has 0 bridgehead atoms. The van der Waals surface area contributed by atoms with Gasteiger partial charge in [0.05, 0.1) is 18.4 Å². The number of nitrogens with zero attached hydrogens (tertiary/aromatic N) is 3. The third-order valence-corrected chi connectivity index (χ3v) is 2.85. The van der Waals surface area contributed by atoms with Crippen LogP contribution in [-0.2, 0) is 13.0 Å². The minimum absolute atomic E-state index is 0.916. The van der Waals surface area contributed by atoms with Crippen molar-refractivity contribution in [3.05, 3.63) is 47.3 Å². The molecule has 1 heterocycles. The zero-order valence-corrected chi connectivity index (χ0v) is 10.6. The molecule has 0 unspecified atom stereocenters. The van der Waals surface area contributed by atoms with E-state index < -0.39 is 0 Å². The molecule has 0 N–H and O–H groups in total. The van der Waals surface area contributed by atoms with Gasteiger partial charge in [0.15, 0.2) is 0 Å². The molecule has 3 heteroatoms. The lowest BCUT2D eigenvalue weighted by atomic mass is 10.1. The number of rotatable bonds is 5. The highest BCUT2D eigenvalue weighted by Gasteiger charge is 1.97. The predicted molar refractivity (Wildman–Crippen MR) is 68.9 cm³/mol. The summed E-state index contributed by atoms with van der Waals surface area (Å²) in [6, 6.07) is 8.78. The number of benzene rings is 1. The van der Waals surface area contributed by atoms with Crippen molar-refractivity contribution in [2.45, 2.75) is 39.7 Å². The van der Waals surface area contributed by atoms with Gasteiger partial charge in [-0.05, 0) is 38.7 Å². The van der Waals surface area contributed by atoms with E-state index in [0.717, 1.165) is 25.1 Å². The predicted octanol–water partition coefficient (Wildman–Crippen LogP) is 2.92. The van der Waals surface area contributed by atoms with Crippen LogP contribution in [0.1, 0.15) is 29.7 Å². The molecule has 2 aromatic rings. The van der Waals surface area contributed by atoms with Gasteiger partial charge >= 0.3 is 0 Å². The van der Waals surface area contributed by atoms with Gasteiger partial charge in [-0.2, -0.15) is 15.0 Å². The van der Waals surface area contributed by atoms with E-state index in [0.29, 0.717) is 0 Å². The Balaban J connectivity index is 1.71. The van der Waals surface area contributed by atoms with E-state index in [-0.39, 0.29) is 0 Å². The number of unbranched alkanes of at least 4 members (excludes halogenated alkanes) is 1. The topological polar surface area (TPSA) is 30.7 Å². The van der Waals surface area contributed by atoms with Crippen molar-refractivity contribution in [1.29, 1.82) is 0 Å². The first-order chi connectivity index (χ1) is 8.24. The van der Waals surface area contributed by atoms with Gasteiger partial charge in [0.25, 0.3) is 0 Å². The first kappa shape index (κ1) is 11.8. The zero-order chi connectivity index (χ0) is 12.1. The van der Waals surface area contributed by atoms with Gasteiger partial charge in [-0.25, -0.2) is 0 Å². The maximum absolute atomic E-state index is 4.27. The fourth-order valence-electron chi connectivity index (χ4n) is 1.83. The first-order valence-corrected chi connectivity index (χ1v) is 6.16. The molecule has 0 radical (unpaired) electrons. The molecule has 1 aromatic carbocycles. The third kappa shape index (κ3) is 3.70. The van der Waals surface area contributed by atoms with Crippen molar-refractivity contribution in [2.75, 3.05) is 0 Å². The van der Waals surface area contributed by atoms with Crippen LogP contribution in [-0.4, -0.2) is 15.0 Å². The van der Waals surface area contributed by atoms with E-state index in [4.69, 9.17) is 0 Å². The summed E-state index contributed by atoms with van der Waals surface area (Å²) in [5.74, 6) is 0. The number of aryl methyl sites for hydroxylation is 4. The normalized spacial score (nSPS) is 10.7. The van der Waals surface area contributed by atoms with Crippen LogP contribution in [0.15, 0.2) is 30.5 Å². The minimum Gasteiger partial charge on any atom is -0.185 e. The Kier molecular flexibility index (Phi) is 3.91. The minimum atomic E-state index is 0.916. The van der Waals surface area contributed by atoms with Crippen LogP contribution in [0.25, 0.3) is 0 Å². The summed E-state index contributed by atoms with van der Waals surface area (Å²) < 4.78 is 0. The van der Waals surface area contributed by atoms with Crippen molar-refractivity contribution in [3.8, 4) is 0 Å². The molecule has 3 nitrogen and oxygen atoms in total. The van der Waals surface area contributed by atoms with Crippen LogP contribution < -0.4 is 0 Å². The molecule has 0 aliphatic heterocycles. The number of hydrogen-bond donors (Lipinski definition) is 0. The molecular weight excluding hydrogens is 210 g/mol. The highest BCUT2D eigenvalue weighted by atomic mass is 15.5. The number of aromatic nitrogens is 3. The fraction of sp³-hybridized carbons (Fsp3) is 0.429. The highest BCUT2D eigenvalue weighted by molar-refractivity contribution is 5.21. The van der Waals surface area contributed by atoms with Crippen molar-refractivity contribution in [2.24, 2.45) is 0 Å². The number of hydrogen-bond acceptors (Lipinski definition) is 2. The molecule has 0 fully saturated rings. The van der Waals surface area contributed by atoms with Gasteiger partial charge in [0.2, 0.25) is 0 Å². The summed E-state index contributed by atoms with van der Waals surface area (Å²) in [4.78, 5) is 1.78. The molecule has 1 aromatic heterocycles. The van der Waals surface area contributed by atoms with Crippen LogP contribution in [0.4, 0.5) is 0 Å². The van der Waals surface area contributed by atoms with Gasteiger partial charge in [0.1, 0.15) is 0 Å². The molecule has 0 aliphatic rings. The van der Waals surface area contributed by atoms with Gasteiger partial charge in [-0.3, -0.25) is 0 Å². The molecule has 0 amide bonds. The standard InChI is InChI=1S/C14H19N3/c1-12-6-8-14(9-7-12)5-3-4-10-17-15-11-13(2)16-17/h6-9,11H,3-5,10H2,1-2H3. The summed E-state index contributed by atoms with van der Waals surface area (Å²) >= 11 is 0. The van der Waals surface area contributed by atoms with E-state index >= 15 is 0 Å². The van der Waals surface area contributed by atoms with Crippen LogP contribution >= 0.6 is 0 Å². The molecule has 0 atom stereocenters. The van der Waals surface area contributed by atoms with E-state index in [9.17, 15) is 0 Å². The molecular formula is C14H19N3. The Labute approximate surface area is 102 Å². The third-order valence-electron chi connectivity index (χ3n) is 2.85. The van der Waals surface area contributed by atoms with Crippen LogP contribution in [0.5, 0.6) is 0 Å². The van der Waals surface area contributed by atoms with Crippen molar-refractivity contribution >= 4 is 0 Å². The molecule has 90 valence electrons. The van der Waals surface area contributed by atoms with E-state index in [2.05, 4.69) is 41.4 Å². The second kappa shape index (κ2) is 5.62. The summed E-state index contributed by atoms with van der Waals surface area (Å²) in [5, 5.41) is 8.45. The van der Waals surface area contributed by atoms with Gasteiger partial charge in [0, 0.05) is 0 Å². The van der Waals surface area contributed by atoms with E-state index in [1.807, 2.05) is 6.92 Å². The Morgan fingerprint density at radius 3 is 2.47 bits per heavy atom. The van der Waals surface area contributed by atoms with E-state index in [1.165, 1.54) is 17.5 Å². The zero-order valence-electron chi connectivity index (χ0n) is 10.6. The van der Waals surface area contributed by atoms with Crippen LogP contribution in [0.3, 0.4) is 0 Å². The molecule has 0 saturated heterocycles. The van der Waals surface area contributed by atoms with Gasteiger partial charge < -0.3 is 0 Å². The lowest BCUT2D eigenvalue weighted by molar-refractivity contribution is 0.497. The quantitative estimate of drug-likeness (QED) is 0.738. The Morgan fingerprint density at radius 1 is 1.06 bits per heavy atom. The molecule has 0 spiro atoms. The molecule has 17 heavy (non-hydrogen) atoms. The maximum atomic E-state index is 4.27. The smallest absolute Gasteiger partial charge is 0.0796 e. The lowest BCUT2D eigenvalue weighted by Gasteiger charge is -2.02. The maximum Gasteiger partial charge on any atom is 0.0796 e. The Hall–Kier alpha value is -1.64. The average Bonchev–Trinajstić information content (AvgIpc) is 2.73. The SMILES string of the molecule is Cc1ccc(CCCCn2ncc(C)n2)cc1. The Bertz CT molecular complexity index is 457. The second-order valence-electron chi connectivity index (χ2n) is 4.52. The van der Waals surface area contributed by atoms with Gasteiger partial charge in [-0.15, -0.1) is 0 Å². The molecule has 0 saturated carbocycles. The van der Waals surface area contributed by atoms with Crippen molar-refractivity contribution in [1.82, 2.24) is 15.0 Å². The van der Waals surface area contributed by atoms with Crippen molar-refractivity contribution < 1.29 is 0 Å². The van der Waals surface area contributed by atoms with Crippen LogP contribution in [0.2, 0.25) is 0 Å². The lowest BCUT2D eigenvalue weighted by Crippen LogP contribution is -2.02. The molecule has 0 aliphatic carbocycles. The monoisotopic (exact) mass is 229 g/mol. The van der Waals surface area contributed by atoms with Gasteiger partial charge in [-0.1, -0.05) is 29.8 Å². The summed E-state index contributed by atoms with van der Waals surface area (Å²) in [6.45, 7) is 5.00. The van der Waals surface area contributed by atoms with Crippen LogP contribution in [0, 0.1) is 13.8 Å². The largest absolute Gasteiger partial charge is 0.185 e.